The number of phenolic OH excluding ortho intramolecular Hbond substituents is 1. The Balaban J connectivity index is 1.36. The Hall–Kier alpha value is -3.18. The highest BCUT2D eigenvalue weighted by atomic mass is 16.5. The Morgan fingerprint density at radius 2 is 1.75 bits per heavy atom. The van der Waals surface area contributed by atoms with E-state index in [2.05, 4.69) is 19.9 Å². The van der Waals surface area contributed by atoms with E-state index in [0.717, 1.165) is 37.7 Å². The summed E-state index contributed by atoms with van der Waals surface area (Å²) >= 11 is 0. The van der Waals surface area contributed by atoms with Crippen LogP contribution in [0, 0.1) is 17.8 Å². The Labute approximate surface area is 213 Å². The number of para-hydroxylation sites is 1. The molecule has 0 saturated carbocycles. The molecule has 0 spiro atoms. The largest absolute Gasteiger partial charge is 0.508 e. The van der Waals surface area contributed by atoms with E-state index in [9.17, 15) is 14.7 Å². The van der Waals surface area contributed by atoms with Gasteiger partial charge in [-0.25, -0.2) is 0 Å². The summed E-state index contributed by atoms with van der Waals surface area (Å²) in [5.41, 5.74) is 5.71. The van der Waals surface area contributed by atoms with E-state index in [1.807, 2.05) is 42.5 Å². The number of anilines is 1. The van der Waals surface area contributed by atoms with Crippen molar-refractivity contribution in [2.24, 2.45) is 17.8 Å². The molecular formula is C31H35NO4. The molecule has 0 unspecified atom stereocenters. The fraction of sp³-hybridized carbons (Fsp3) is 0.419. The van der Waals surface area contributed by atoms with Crippen LogP contribution in [0.2, 0.25) is 0 Å². The summed E-state index contributed by atoms with van der Waals surface area (Å²) in [4.78, 5) is 28.4. The zero-order chi connectivity index (χ0) is 25.2. The third-order valence-corrected chi connectivity index (χ3v) is 8.01. The van der Waals surface area contributed by atoms with Crippen LogP contribution in [0.5, 0.6) is 5.75 Å². The van der Waals surface area contributed by atoms with E-state index in [0.29, 0.717) is 18.7 Å². The van der Waals surface area contributed by atoms with E-state index in [4.69, 9.17) is 4.74 Å². The van der Waals surface area contributed by atoms with Crippen LogP contribution < -0.4 is 4.90 Å². The van der Waals surface area contributed by atoms with E-state index in [-0.39, 0.29) is 41.4 Å². The van der Waals surface area contributed by atoms with Crippen LogP contribution in [0.1, 0.15) is 57.9 Å². The van der Waals surface area contributed by atoms with Crippen LogP contribution in [0.15, 0.2) is 71.3 Å². The van der Waals surface area contributed by atoms with Gasteiger partial charge in [0.2, 0.25) is 11.8 Å². The molecule has 2 aromatic carbocycles. The van der Waals surface area contributed by atoms with Gasteiger partial charge in [0.1, 0.15) is 5.75 Å². The Bertz CT molecular complexity index is 1180. The van der Waals surface area contributed by atoms with Crippen LogP contribution in [0.4, 0.5) is 5.69 Å². The highest BCUT2D eigenvalue weighted by Gasteiger charge is 2.57. The molecule has 2 aromatic rings. The number of nitrogens with zero attached hydrogens (tertiary/aromatic N) is 1. The molecule has 2 heterocycles. The lowest BCUT2D eigenvalue weighted by Gasteiger charge is -2.31. The van der Waals surface area contributed by atoms with Crippen molar-refractivity contribution in [1.29, 1.82) is 0 Å². The SMILES string of the molecule is CCC/C(=C\c1ccc(O)cc1)CC[C@H]1OC[C@H]2C1=C(CC)C[C@H]1C(=O)N(c3ccccc3)C(=O)[C@H]12. The summed E-state index contributed by atoms with van der Waals surface area (Å²) in [5.74, 6) is -0.479. The molecule has 1 N–H and O–H groups in total. The predicted molar refractivity (Wildman–Crippen MR) is 141 cm³/mol. The number of ether oxygens (including phenoxy) is 1. The molecule has 4 atom stereocenters. The number of fused-ring (bicyclic) bond motifs is 3. The van der Waals surface area contributed by atoms with Gasteiger partial charge >= 0.3 is 0 Å². The van der Waals surface area contributed by atoms with Crippen molar-refractivity contribution in [3.63, 3.8) is 0 Å². The summed E-state index contributed by atoms with van der Waals surface area (Å²) in [7, 11) is 0. The van der Waals surface area contributed by atoms with Crippen LogP contribution in [0.25, 0.3) is 6.08 Å². The Kier molecular flexibility index (Phi) is 7.10. The lowest BCUT2D eigenvalue weighted by atomic mass is 9.69. The minimum Gasteiger partial charge on any atom is -0.508 e. The zero-order valence-corrected chi connectivity index (χ0v) is 21.2. The minimum atomic E-state index is -0.323. The second kappa shape index (κ2) is 10.4. The molecule has 2 aliphatic heterocycles. The van der Waals surface area contributed by atoms with Gasteiger partial charge in [0.15, 0.2) is 0 Å². The zero-order valence-electron chi connectivity index (χ0n) is 21.2. The fourth-order valence-electron chi connectivity index (χ4n) is 6.36. The molecule has 2 saturated heterocycles. The van der Waals surface area contributed by atoms with Gasteiger partial charge in [-0.2, -0.15) is 0 Å². The second-order valence-corrected chi connectivity index (χ2v) is 10.2. The van der Waals surface area contributed by atoms with Crippen molar-refractivity contribution >= 4 is 23.6 Å². The number of allylic oxidation sites excluding steroid dienone is 2. The minimum absolute atomic E-state index is 0.000323. The van der Waals surface area contributed by atoms with E-state index >= 15 is 0 Å². The van der Waals surface area contributed by atoms with Gasteiger partial charge in [-0.15, -0.1) is 0 Å². The highest BCUT2D eigenvalue weighted by molar-refractivity contribution is 6.22. The van der Waals surface area contributed by atoms with E-state index in [1.165, 1.54) is 21.6 Å². The van der Waals surface area contributed by atoms with E-state index in [1.54, 1.807) is 12.1 Å². The first-order chi connectivity index (χ1) is 17.5. The summed E-state index contributed by atoms with van der Waals surface area (Å²) in [6.07, 6.45) is 7.64. The topological polar surface area (TPSA) is 66.8 Å². The number of hydrogen-bond donors (Lipinski definition) is 1. The number of aromatic hydroxyl groups is 1. The fourth-order valence-corrected chi connectivity index (χ4v) is 6.36. The maximum Gasteiger partial charge on any atom is 0.238 e. The van der Waals surface area contributed by atoms with Crippen molar-refractivity contribution in [2.75, 3.05) is 11.5 Å². The van der Waals surface area contributed by atoms with Crippen LogP contribution in [0.3, 0.4) is 0 Å². The number of amides is 2. The average Bonchev–Trinajstić information content (AvgIpc) is 3.42. The summed E-state index contributed by atoms with van der Waals surface area (Å²) in [5, 5.41) is 9.59. The molecule has 36 heavy (non-hydrogen) atoms. The van der Waals surface area contributed by atoms with Crippen LogP contribution >= 0.6 is 0 Å². The maximum absolute atomic E-state index is 13.6. The number of benzene rings is 2. The van der Waals surface area contributed by atoms with E-state index < -0.39 is 0 Å². The molecule has 188 valence electrons. The van der Waals surface area contributed by atoms with Crippen molar-refractivity contribution in [1.82, 2.24) is 0 Å². The van der Waals surface area contributed by atoms with Crippen molar-refractivity contribution in [3.8, 4) is 5.75 Å². The Morgan fingerprint density at radius 1 is 1.00 bits per heavy atom. The normalized spacial score (nSPS) is 25.9. The van der Waals surface area contributed by atoms with Crippen molar-refractivity contribution < 1.29 is 19.4 Å². The van der Waals surface area contributed by atoms with Gasteiger partial charge in [-0.05, 0) is 67.5 Å². The third kappa shape index (κ3) is 4.53. The molecule has 2 amide bonds. The van der Waals surface area contributed by atoms with Gasteiger partial charge in [-0.3, -0.25) is 14.5 Å². The molecule has 0 aromatic heterocycles. The van der Waals surface area contributed by atoms with Gasteiger partial charge in [0.25, 0.3) is 0 Å². The lowest BCUT2D eigenvalue weighted by molar-refractivity contribution is -0.122. The molecule has 5 rings (SSSR count). The van der Waals surface area contributed by atoms with Crippen LogP contribution in [-0.4, -0.2) is 29.6 Å². The number of hydrogen-bond acceptors (Lipinski definition) is 4. The van der Waals surface area contributed by atoms with Crippen LogP contribution in [-0.2, 0) is 14.3 Å². The van der Waals surface area contributed by atoms with Crippen molar-refractivity contribution in [3.05, 3.63) is 76.9 Å². The van der Waals surface area contributed by atoms with Gasteiger partial charge in [0, 0.05) is 5.92 Å². The van der Waals surface area contributed by atoms with Gasteiger partial charge < -0.3 is 9.84 Å². The number of carbonyl (C=O) groups excluding carboxylic acids is 2. The molecule has 5 nitrogen and oxygen atoms in total. The number of phenols is 1. The monoisotopic (exact) mass is 485 g/mol. The molecule has 5 heteroatoms. The smallest absolute Gasteiger partial charge is 0.238 e. The van der Waals surface area contributed by atoms with Gasteiger partial charge in [-0.1, -0.05) is 67.8 Å². The van der Waals surface area contributed by atoms with Gasteiger partial charge in [0.05, 0.1) is 30.2 Å². The molecule has 2 fully saturated rings. The number of carbonyl (C=O) groups is 2. The van der Waals surface area contributed by atoms with Crippen molar-refractivity contribution in [2.45, 2.75) is 58.5 Å². The predicted octanol–water partition coefficient (Wildman–Crippen LogP) is 6.29. The summed E-state index contributed by atoms with van der Waals surface area (Å²) < 4.78 is 6.36. The number of rotatable bonds is 8. The molecule has 1 aliphatic carbocycles. The second-order valence-electron chi connectivity index (χ2n) is 10.2. The maximum atomic E-state index is 13.6. The first-order valence-corrected chi connectivity index (χ1v) is 13.3. The molecule has 0 radical (unpaired) electrons. The average molecular weight is 486 g/mol. The first-order valence-electron chi connectivity index (χ1n) is 13.3. The number of imide groups is 1. The summed E-state index contributed by atoms with van der Waals surface area (Å²) in [6, 6.07) is 16.6. The third-order valence-electron chi connectivity index (χ3n) is 8.01. The Morgan fingerprint density at radius 3 is 2.44 bits per heavy atom. The summed E-state index contributed by atoms with van der Waals surface area (Å²) in [6.45, 7) is 4.85. The first kappa shape index (κ1) is 24.5. The molecule has 0 bridgehead atoms. The highest BCUT2D eigenvalue weighted by Crippen LogP contribution is 2.51. The molecular weight excluding hydrogens is 450 g/mol. The quantitative estimate of drug-likeness (QED) is 0.353. The standard InChI is InChI=1S/C31H35NO4/c1-3-8-20(17-21-11-14-24(33)15-12-21)13-16-27-28-22(4-2)18-25-29(26(28)19-36-27)31(35)32(30(25)34)23-9-6-5-7-10-23/h5-7,9-12,14-15,17,25-27,29,33H,3-4,8,13,16,18-19H2,1-2H3/b20-17+/t25-,26+,27-,29-/m1/s1. The molecule has 3 aliphatic rings. The lowest BCUT2D eigenvalue weighted by Crippen LogP contribution is -2.34.